The van der Waals surface area contributed by atoms with Gasteiger partial charge in [0.15, 0.2) is 0 Å². The third kappa shape index (κ3) is 3.81. The summed E-state index contributed by atoms with van der Waals surface area (Å²) >= 11 is 1.71. The maximum atomic E-state index is 5.53. The minimum absolute atomic E-state index is 0.269. The highest BCUT2D eigenvalue weighted by atomic mass is 32.1. The van der Waals surface area contributed by atoms with Crippen LogP contribution >= 0.6 is 11.3 Å². The molecule has 0 saturated heterocycles. The molecule has 0 aliphatic rings. The van der Waals surface area contributed by atoms with E-state index >= 15 is 0 Å². The van der Waals surface area contributed by atoms with Crippen LogP contribution in [0, 0.1) is 6.92 Å². The van der Waals surface area contributed by atoms with E-state index in [0.29, 0.717) is 0 Å². The first-order chi connectivity index (χ1) is 9.74. The van der Waals surface area contributed by atoms with E-state index in [1.165, 1.54) is 16.0 Å². The fraction of sp³-hybridized carbons (Fsp3) is 0.438. The van der Waals surface area contributed by atoms with Crippen molar-refractivity contribution in [3.63, 3.8) is 0 Å². The summed E-state index contributed by atoms with van der Waals surface area (Å²) in [5.41, 5.74) is 4.38. The third-order valence-corrected chi connectivity index (χ3v) is 4.09. The summed E-state index contributed by atoms with van der Waals surface area (Å²) < 4.78 is 5.53. The van der Waals surface area contributed by atoms with Gasteiger partial charge in [0.25, 0.3) is 0 Å². The van der Waals surface area contributed by atoms with Crippen molar-refractivity contribution in [2.75, 3.05) is 13.7 Å². The molecule has 1 aromatic carbocycles. The van der Waals surface area contributed by atoms with Crippen LogP contribution in [0.15, 0.2) is 29.9 Å². The number of methoxy groups -OCH3 is 1. The Morgan fingerprint density at radius 3 is 2.90 bits per heavy atom. The van der Waals surface area contributed by atoms with E-state index in [9.17, 15) is 0 Å². The van der Waals surface area contributed by atoms with Crippen molar-refractivity contribution in [3.8, 4) is 5.75 Å². The molecule has 2 aromatic rings. The van der Waals surface area contributed by atoms with Crippen LogP contribution < -0.4 is 10.1 Å². The first-order valence-corrected chi connectivity index (χ1v) is 7.87. The van der Waals surface area contributed by atoms with Gasteiger partial charge in [0.1, 0.15) is 5.75 Å². The van der Waals surface area contributed by atoms with Crippen LogP contribution in [-0.4, -0.2) is 18.6 Å². The molecule has 3 nitrogen and oxygen atoms in total. The number of nitrogens with zero attached hydrogens (tertiary/aromatic N) is 1. The van der Waals surface area contributed by atoms with Crippen molar-refractivity contribution in [3.05, 3.63) is 45.9 Å². The number of benzene rings is 1. The highest BCUT2D eigenvalue weighted by Gasteiger charge is 2.17. The predicted octanol–water partition coefficient (Wildman–Crippen LogP) is 3.74. The Labute approximate surface area is 125 Å². The second kappa shape index (κ2) is 7.41. The zero-order chi connectivity index (χ0) is 14.4. The molecule has 0 amide bonds. The molecule has 2 rings (SSSR count). The summed E-state index contributed by atoms with van der Waals surface area (Å²) in [7, 11) is 1.73. The van der Waals surface area contributed by atoms with Gasteiger partial charge in [-0.1, -0.05) is 24.6 Å². The van der Waals surface area contributed by atoms with E-state index in [0.717, 1.165) is 25.1 Å². The predicted molar refractivity (Wildman–Crippen MR) is 84.6 cm³/mol. The molecule has 0 aliphatic carbocycles. The number of thiazole rings is 1. The van der Waals surface area contributed by atoms with Crippen molar-refractivity contribution in [1.29, 1.82) is 0 Å². The van der Waals surface area contributed by atoms with Crippen molar-refractivity contribution in [2.24, 2.45) is 0 Å². The number of aryl methyl sites for hydroxylation is 1. The molecular formula is C16H22N2OS. The Hall–Kier alpha value is -1.39. The number of aromatic nitrogens is 1. The molecule has 1 aromatic heterocycles. The van der Waals surface area contributed by atoms with Crippen LogP contribution in [-0.2, 0) is 6.42 Å². The molecule has 0 spiro atoms. The van der Waals surface area contributed by atoms with Gasteiger partial charge >= 0.3 is 0 Å². The van der Waals surface area contributed by atoms with Crippen molar-refractivity contribution in [1.82, 2.24) is 10.3 Å². The molecule has 4 heteroatoms. The molecule has 0 fully saturated rings. The fourth-order valence-corrected chi connectivity index (χ4v) is 2.92. The van der Waals surface area contributed by atoms with Gasteiger partial charge in [0, 0.05) is 29.1 Å². The second-order valence-corrected chi connectivity index (χ2v) is 5.89. The average Bonchev–Trinajstić information content (AvgIpc) is 2.96. The largest absolute Gasteiger partial charge is 0.496 e. The summed E-state index contributed by atoms with van der Waals surface area (Å²) in [6.45, 7) is 5.30. The van der Waals surface area contributed by atoms with Crippen LogP contribution in [0.1, 0.15) is 35.4 Å². The van der Waals surface area contributed by atoms with E-state index in [2.05, 4.69) is 42.3 Å². The SMILES string of the molecule is CCCNC(Cc1cncs1)c1cc(C)ccc1OC. The standard InChI is InChI=1S/C16H22N2OS/c1-4-7-18-15(9-13-10-17-11-20-13)14-8-12(2)5-6-16(14)19-3/h5-6,8,10-11,15,18H,4,7,9H2,1-3H3. The first kappa shape index (κ1) is 15.0. The smallest absolute Gasteiger partial charge is 0.123 e. The van der Waals surface area contributed by atoms with Gasteiger partial charge < -0.3 is 10.1 Å². The summed E-state index contributed by atoms with van der Waals surface area (Å²) in [4.78, 5) is 5.46. The van der Waals surface area contributed by atoms with Crippen LogP contribution in [0.2, 0.25) is 0 Å². The normalized spacial score (nSPS) is 12.3. The maximum absolute atomic E-state index is 5.53. The zero-order valence-electron chi connectivity index (χ0n) is 12.3. The Kier molecular flexibility index (Phi) is 5.56. The first-order valence-electron chi connectivity index (χ1n) is 7.00. The molecule has 108 valence electrons. The van der Waals surface area contributed by atoms with Gasteiger partial charge in [0.05, 0.1) is 12.6 Å². The minimum atomic E-state index is 0.269. The minimum Gasteiger partial charge on any atom is -0.496 e. The number of ether oxygens (including phenoxy) is 1. The molecule has 0 bridgehead atoms. The van der Waals surface area contributed by atoms with E-state index in [4.69, 9.17) is 4.74 Å². The molecule has 1 heterocycles. The number of hydrogen-bond acceptors (Lipinski definition) is 4. The monoisotopic (exact) mass is 290 g/mol. The van der Waals surface area contributed by atoms with Gasteiger partial charge in [-0.2, -0.15) is 0 Å². The van der Waals surface area contributed by atoms with E-state index in [1.807, 2.05) is 11.7 Å². The Morgan fingerprint density at radius 1 is 1.40 bits per heavy atom. The average molecular weight is 290 g/mol. The summed E-state index contributed by atoms with van der Waals surface area (Å²) in [6.07, 6.45) is 4.02. The summed E-state index contributed by atoms with van der Waals surface area (Å²) in [5, 5.41) is 3.62. The Morgan fingerprint density at radius 2 is 2.25 bits per heavy atom. The topological polar surface area (TPSA) is 34.2 Å². The quantitative estimate of drug-likeness (QED) is 0.843. The molecule has 1 N–H and O–H groups in total. The second-order valence-electron chi connectivity index (χ2n) is 4.92. The van der Waals surface area contributed by atoms with E-state index in [1.54, 1.807) is 18.4 Å². The molecule has 0 radical (unpaired) electrons. The molecule has 1 atom stereocenters. The van der Waals surface area contributed by atoms with Crippen LogP contribution in [0.25, 0.3) is 0 Å². The Bertz CT molecular complexity index is 525. The van der Waals surface area contributed by atoms with Crippen LogP contribution in [0.3, 0.4) is 0 Å². The molecule has 20 heavy (non-hydrogen) atoms. The van der Waals surface area contributed by atoms with Crippen LogP contribution in [0.5, 0.6) is 5.75 Å². The van der Waals surface area contributed by atoms with Gasteiger partial charge in [-0.15, -0.1) is 11.3 Å². The lowest BCUT2D eigenvalue weighted by Crippen LogP contribution is -2.24. The number of rotatable bonds is 7. The molecular weight excluding hydrogens is 268 g/mol. The van der Waals surface area contributed by atoms with Crippen molar-refractivity contribution in [2.45, 2.75) is 32.7 Å². The van der Waals surface area contributed by atoms with E-state index in [-0.39, 0.29) is 6.04 Å². The van der Waals surface area contributed by atoms with Crippen molar-refractivity contribution < 1.29 is 4.74 Å². The van der Waals surface area contributed by atoms with Gasteiger partial charge in [-0.05, 0) is 26.0 Å². The van der Waals surface area contributed by atoms with Gasteiger partial charge in [-0.3, -0.25) is 4.98 Å². The highest BCUT2D eigenvalue weighted by molar-refractivity contribution is 7.09. The lowest BCUT2D eigenvalue weighted by atomic mass is 9.99. The van der Waals surface area contributed by atoms with E-state index < -0.39 is 0 Å². The summed E-state index contributed by atoms with van der Waals surface area (Å²) in [6, 6.07) is 6.63. The highest BCUT2D eigenvalue weighted by Crippen LogP contribution is 2.29. The van der Waals surface area contributed by atoms with Crippen LogP contribution in [0.4, 0.5) is 0 Å². The van der Waals surface area contributed by atoms with Gasteiger partial charge in [-0.25, -0.2) is 0 Å². The van der Waals surface area contributed by atoms with Gasteiger partial charge in [0.2, 0.25) is 0 Å². The summed E-state index contributed by atoms with van der Waals surface area (Å²) in [5.74, 6) is 0.953. The molecule has 0 aliphatic heterocycles. The fourth-order valence-electron chi connectivity index (χ4n) is 2.28. The number of hydrogen-bond donors (Lipinski definition) is 1. The Balaban J connectivity index is 2.27. The maximum Gasteiger partial charge on any atom is 0.123 e. The molecule has 1 unspecified atom stereocenters. The lowest BCUT2D eigenvalue weighted by Gasteiger charge is -2.21. The lowest BCUT2D eigenvalue weighted by molar-refractivity contribution is 0.398. The van der Waals surface area contributed by atoms with Crippen molar-refractivity contribution >= 4 is 11.3 Å². The molecule has 0 saturated carbocycles. The zero-order valence-corrected chi connectivity index (χ0v) is 13.2. The number of nitrogens with one attached hydrogen (secondary N) is 1. The third-order valence-electron chi connectivity index (χ3n) is 3.29.